The first kappa shape index (κ1) is 46.4. The lowest BCUT2D eigenvalue weighted by Crippen LogP contribution is -2.16. The molecule has 2 saturated carbocycles. The van der Waals surface area contributed by atoms with Crippen LogP contribution in [0.15, 0.2) is 78.9 Å². The third-order valence-corrected chi connectivity index (χ3v) is 11.6. The van der Waals surface area contributed by atoms with Gasteiger partial charge < -0.3 is 15.3 Å². The number of phenols is 3. The predicted molar refractivity (Wildman–Crippen MR) is 234 cm³/mol. The van der Waals surface area contributed by atoms with E-state index in [9.17, 15) is 5.11 Å². The van der Waals surface area contributed by atoms with Crippen molar-refractivity contribution in [2.75, 3.05) is 0 Å². The summed E-state index contributed by atoms with van der Waals surface area (Å²) >= 11 is 0. The van der Waals surface area contributed by atoms with Gasteiger partial charge in [0.25, 0.3) is 0 Å². The molecule has 2 aliphatic rings. The van der Waals surface area contributed by atoms with Gasteiger partial charge >= 0.3 is 0 Å². The van der Waals surface area contributed by atoms with E-state index < -0.39 is 0 Å². The fourth-order valence-corrected chi connectivity index (χ4v) is 7.37. The monoisotopic (exact) mass is 737 g/mol. The molecule has 4 aromatic rings. The van der Waals surface area contributed by atoms with Crippen LogP contribution in [0, 0.1) is 77.0 Å². The van der Waals surface area contributed by atoms with E-state index in [0.717, 1.165) is 47.5 Å². The number of aromatic hydroxyl groups is 3. The SMILES string of the molecule is CC1CCC(C(C)C)CC1.CC1CCC(C(C)C)CC1.Cc1ccc(O)c(Cc2cc(C)cc(C)c2C)c1.Cc1ccc(O)cc1.Cc1ccc(O)cc1. The van der Waals surface area contributed by atoms with E-state index in [0.29, 0.717) is 17.2 Å². The summed E-state index contributed by atoms with van der Waals surface area (Å²) in [5.41, 5.74) is 9.74. The van der Waals surface area contributed by atoms with Gasteiger partial charge in [0.2, 0.25) is 0 Å². The lowest BCUT2D eigenvalue weighted by molar-refractivity contribution is 0.234. The Kier molecular flexibility index (Phi) is 20.6. The molecule has 3 N–H and O–H groups in total. The highest BCUT2D eigenvalue weighted by molar-refractivity contribution is 5.44. The third kappa shape index (κ3) is 18.1. The topological polar surface area (TPSA) is 60.7 Å². The molecule has 6 rings (SSSR count). The molecular weight excluding hydrogens is 661 g/mol. The molecule has 54 heavy (non-hydrogen) atoms. The molecule has 0 bridgehead atoms. The summed E-state index contributed by atoms with van der Waals surface area (Å²) in [6, 6.07) is 24.4. The van der Waals surface area contributed by atoms with Crippen molar-refractivity contribution in [1.82, 2.24) is 0 Å². The molecule has 0 saturated heterocycles. The van der Waals surface area contributed by atoms with Gasteiger partial charge in [-0.2, -0.15) is 0 Å². The Bertz CT molecular complexity index is 1490. The van der Waals surface area contributed by atoms with Crippen molar-refractivity contribution in [3.8, 4) is 17.2 Å². The molecule has 2 fully saturated rings. The second-order valence-electron chi connectivity index (χ2n) is 17.4. The Morgan fingerprint density at radius 3 is 1.20 bits per heavy atom. The molecule has 3 heteroatoms. The minimum atomic E-state index is 0.329. The van der Waals surface area contributed by atoms with Gasteiger partial charge in [-0.15, -0.1) is 0 Å². The van der Waals surface area contributed by atoms with Crippen LogP contribution < -0.4 is 0 Å². The fraction of sp³-hybridized carbons (Fsp3) is 0.529. The van der Waals surface area contributed by atoms with Gasteiger partial charge in [0.15, 0.2) is 0 Å². The summed E-state index contributed by atoms with van der Waals surface area (Å²) in [7, 11) is 0. The van der Waals surface area contributed by atoms with Gasteiger partial charge in [-0.25, -0.2) is 0 Å². The molecule has 0 amide bonds. The standard InChI is InChI=1S/C17H20O.2C10H20.2C7H8O/c1-11-5-6-17(18)16(8-11)10-15-9-12(2)7-13(3)14(15)4;2*1-8(2)10-6-4-9(3)5-7-10;2*1-6-2-4-7(8)5-3-6/h5-9,18H,10H2,1-4H3;2*8-10H,4-7H2,1-3H3;2*2-5,8H,1H3. The van der Waals surface area contributed by atoms with E-state index >= 15 is 0 Å². The van der Waals surface area contributed by atoms with Crippen LogP contribution in [-0.4, -0.2) is 15.3 Å². The van der Waals surface area contributed by atoms with Gasteiger partial charge in [0, 0.05) is 6.42 Å². The van der Waals surface area contributed by atoms with Crippen LogP contribution in [0.5, 0.6) is 17.2 Å². The summed E-state index contributed by atoms with van der Waals surface area (Å²) in [6.07, 6.45) is 12.6. The number of benzene rings is 4. The summed E-state index contributed by atoms with van der Waals surface area (Å²) in [4.78, 5) is 0. The van der Waals surface area contributed by atoms with Gasteiger partial charge in [0.05, 0.1) is 0 Å². The van der Waals surface area contributed by atoms with Crippen molar-refractivity contribution in [3.05, 3.63) is 123 Å². The number of rotatable bonds is 4. The molecule has 4 aromatic carbocycles. The Balaban J connectivity index is 0.000000244. The highest BCUT2D eigenvalue weighted by atomic mass is 16.3. The summed E-state index contributed by atoms with van der Waals surface area (Å²) in [5.74, 6) is 6.99. The molecule has 2 aliphatic carbocycles. The maximum absolute atomic E-state index is 9.93. The molecule has 0 heterocycles. The van der Waals surface area contributed by atoms with Crippen LogP contribution in [0.25, 0.3) is 0 Å². The third-order valence-electron chi connectivity index (χ3n) is 11.6. The molecule has 0 unspecified atom stereocenters. The Labute approximate surface area is 331 Å². The molecule has 0 aromatic heterocycles. The van der Waals surface area contributed by atoms with Crippen LogP contribution in [0.1, 0.15) is 137 Å². The number of hydrogen-bond donors (Lipinski definition) is 3. The maximum atomic E-state index is 9.93. The highest BCUT2D eigenvalue weighted by Crippen LogP contribution is 2.33. The lowest BCUT2D eigenvalue weighted by Gasteiger charge is -2.28. The Hall–Kier alpha value is -3.72. The molecule has 3 nitrogen and oxygen atoms in total. The number of aryl methyl sites for hydroxylation is 5. The van der Waals surface area contributed by atoms with E-state index in [1.54, 1.807) is 30.3 Å². The van der Waals surface area contributed by atoms with E-state index in [1.165, 1.54) is 90.3 Å². The first-order chi connectivity index (χ1) is 25.4. The second kappa shape index (κ2) is 23.9. The molecule has 0 aliphatic heterocycles. The summed E-state index contributed by atoms with van der Waals surface area (Å²) < 4.78 is 0. The average Bonchev–Trinajstić information content (AvgIpc) is 3.12. The molecule has 0 radical (unpaired) electrons. The minimum Gasteiger partial charge on any atom is -0.508 e. The fourth-order valence-electron chi connectivity index (χ4n) is 7.37. The summed E-state index contributed by atoms with van der Waals surface area (Å²) in [5, 5.41) is 27.4. The van der Waals surface area contributed by atoms with Crippen LogP contribution in [0.2, 0.25) is 0 Å². The first-order valence-electron chi connectivity index (χ1n) is 20.8. The normalized spacial score (nSPS) is 19.1. The van der Waals surface area contributed by atoms with E-state index in [-0.39, 0.29) is 0 Å². The number of hydrogen-bond acceptors (Lipinski definition) is 3. The van der Waals surface area contributed by atoms with E-state index in [4.69, 9.17) is 10.2 Å². The molecule has 298 valence electrons. The van der Waals surface area contributed by atoms with Crippen LogP contribution >= 0.6 is 0 Å². The van der Waals surface area contributed by atoms with Crippen molar-refractivity contribution in [3.63, 3.8) is 0 Å². The number of phenolic OH excluding ortho intramolecular Hbond substituents is 3. The smallest absolute Gasteiger partial charge is 0.119 e. The molecule has 0 spiro atoms. The van der Waals surface area contributed by atoms with Gasteiger partial charge in [-0.05, 0) is 155 Å². The summed E-state index contributed by atoms with van der Waals surface area (Å²) in [6.45, 7) is 26.6. The zero-order valence-electron chi connectivity index (χ0n) is 36.2. The van der Waals surface area contributed by atoms with Crippen molar-refractivity contribution in [2.24, 2.45) is 35.5 Å². The molecular formula is C51H76O3. The van der Waals surface area contributed by atoms with E-state index in [1.807, 2.05) is 44.2 Å². The van der Waals surface area contributed by atoms with Crippen LogP contribution in [0.4, 0.5) is 0 Å². The van der Waals surface area contributed by atoms with Crippen LogP contribution in [-0.2, 0) is 6.42 Å². The van der Waals surface area contributed by atoms with Gasteiger partial charge in [0.1, 0.15) is 17.2 Å². The van der Waals surface area contributed by atoms with E-state index in [2.05, 4.69) is 87.4 Å². The zero-order chi connectivity index (χ0) is 40.4. The van der Waals surface area contributed by atoms with Crippen molar-refractivity contribution in [2.45, 2.75) is 141 Å². The maximum Gasteiger partial charge on any atom is 0.119 e. The van der Waals surface area contributed by atoms with Gasteiger partial charge in [-0.1, -0.05) is 138 Å². The van der Waals surface area contributed by atoms with Crippen molar-refractivity contribution >= 4 is 0 Å². The largest absolute Gasteiger partial charge is 0.508 e. The second-order valence-corrected chi connectivity index (χ2v) is 17.4. The van der Waals surface area contributed by atoms with Crippen molar-refractivity contribution in [1.29, 1.82) is 0 Å². The Morgan fingerprint density at radius 2 is 0.833 bits per heavy atom. The zero-order valence-corrected chi connectivity index (χ0v) is 36.2. The van der Waals surface area contributed by atoms with Crippen molar-refractivity contribution < 1.29 is 15.3 Å². The highest BCUT2D eigenvalue weighted by Gasteiger charge is 2.21. The minimum absolute atomic E-state index is 0.329. The lowest BCUT2D eigenvalue weighted by atomic mass is 9.78. The first-order valence-corrected chi connectivity index (χ1v) is 20.8. The quantitative estimate of drug-likeness (QED) is 0.195. The van der Waals surface area contributed by atoms with Gasteiger partial charge in [-0.3, -0.25) is 0 Å². The Morgan fingerprint density at radius 1 is 0.463 bits per heavy atom. The van der Waals surface area contributed by atoms with Crippen LogP contribution in [0.3, 0.4) is 0 Å². The molecule has 0 atom stereocenters. The predicted octanol–water partition coefficient (Wildman–Crippen LogP) is 14.6. The average molecular weight is 737 g/mol.